The van der Waals surface area contributed by atoms with Gasteiger partial charge in [0.1, 0.15) is 5.82 Å². The summed E-state index contributed by atoms with van der Waals surface area (Å²) in [7, 11) is 0. The standard InChI is InChI=1S/C10H15N5O/c1-6(2)8-13-9(15-14-8)10(16)12-7(3)4-5-11/h6-7H,4H2,1-3H3,(H,12,16)(H,13,14,15). The molecule has 2 N–H and O–H groups in total. The smallest absolute Gasteiger partial charge is 0.291 e. The molecule has 0 bridgehead atoms. The Morgan fingerprint density at radius 1 is 1.56 bits per heavy atom. The van der Waals surface area contributed by atoms with Crippen LogP contribution in [-0.4, -0.2) is 27.1 Å². The van der Waals surface area contributed by atoms with Crippen molar-refractivity contribution in [3.8, 4) is 6.07 Å². The second-order valence-electron chi connectivity index (χ2n) is 3.94. The summed E-state index contributed by atoms with van der Waals surface area (Å²) in [5.74, 6) is 0.642. The van der Waals surface area contributed by atoms with E-state index in [0.29, 0.717) is 5.82 Å². The van der Waals surface area contributed by atoms with Crippen LogP contribution in [0.2, 0.25) is 0 Å². The Hall–Kier alpha value is -1.90. The van der Waals surface area contributed by atoms with E-state index in [2.05, 4.69) is 20.5 Å². The molecular weight excluding hydrogens is 206 g/mol. The first-order valence-corrected chi connectivity index (χ1v) is 5.14. The molecule has 0 aliphatic rings. The van der Waals surface area contributed by atoms with Crippen LogP contribution in [0.3, 0.4) is 0 Å². The minimum Gasteiger partial charge on any atom is -0.346 e. The molecule has 16 heavy (non-hydrogen) atoms. The van der Waals surface area contributed by atoms with Gasteiger partial charge < -0.3 is 5.32 Å². The highest BCUT2D eigenvalue weighted by molar-refractivity contribution is 5.90. The summed E-state index contributed by atoms with van der Waals surface area (Å²) in [6.07, 6.45) is 0.271. The lowest BCUT2D eigenvalue weighted by Crippen LogP contribution is -2.32. The van der Waals surface area contributed by atoms with Crippen molar-refractivity contribution >= 4 is 5.91 Å². The number of nitriles is 1. The van der Waals surface area contributed by atoms with Crippen molar-refractivity contribution in [2.45, 2.75) is 39.2 Å². The minimum atomic E-state index is -0.356. The van der Waals surface area contributed by atoms with Crippen molar-refractivity contribution in [1.29, 1.82) is 5.26 Å². The number of aromatic amines is 1. The van der Waals surface area contributed by atoms with E-state index >= 15 is 0 Å². The van der Waals surface area contributed by atoms with E-state index in [4.69, 9.17) is 5.26 Å². The number of amides is 1. The van der Waals surface area contributed by atoms with E-state index in [1.165, 1.54) is 0 Å². The third-order valence-corrected chi connectivity index (χ3v) is 2.03. The van der Waals surface area contributed by atoms with Gasteiger partial charge in [-0.15, -0.1) is 5.10 Å². The fourth-order valence-electron chi connectivity index (χ4n) is 1.11. The van der Waals surface area contributed by atoms with Gasteiger partial charge in [0.05, 0.1) is 12.5 Å². The number of carbonyl (C=O) groups excluding carboxylic acids is 1. The van der Waals surface area contributed by atoms with Gasteiger partial charge in [-0.3, -0.25) is 9.89 Å². The quantitative estimate of drug-likeness (QED) is 0.791. The Labute approximate surface area is 94.1 Å². The first-order chi connectivity index (χ1) is 7.54. The Morgan fingerprint density at radius 3 is 2.75 bits per heavy atom. The molecule has 1 amide bonds. The van der Waals surface area contributed by atoms with Gasteiger partial charge >= 0.3 is 0 Å². The fraction of sp³-hybridized carbons (Fsp3) is 0.600. The highest BCUT2D eigenvalue weighted by Gasteiger charge is 2.15. The summed E-state index contributed by atoms with van der Waals surface area (Å²) in [5, 5.41) is 17.6. The van der Waals surface area contributed by atoms with E-state index in [1.807, 2.05) is 19.9 Å². The van der Waals surface area contributed by atoms with Gasteiger partial charge in [-0.05, 0) is 6.92 Å². The molecule has 1 aromatic rings. The average Bonchev–Trinajstić information content (AvgIpc) is 2.66. The molecule has 6 nitrogen and oxygen atoms in total. The van der Waals surface area contributed by atoms with Crippen LogP contribution in [0.5, 0.6) is 0 Å². The molecule has 0 saturated carbocycles. The number of rotatable bonds is 4. The highest BCUT2D eigenvalue weighted by Crippen LogP contribution is 2.07. The van der Waals surface area contributed by atoms with Gasteiger partial charge in [-0.25, -0.2) is 4.98 Å². The lowest BCUT2D eigenvalue weighted by atomic mass is 10.2. The van der Waals surface area contributed by atoms with Crippen molar-refractivity contribution in [2.75, 3.05) is 0 Å². The number of carbonyl (C=O) groups is 1. The predicted octanol–water partition coefficient (Wildman–Crippen LogP) is 0.960. The molecule has 0 saturated heterocycles. The van der Waals surface area contributed by atoms with E-state index in [1.54, 1.807) is 6.92 Å². The van der Waals surface area contributed by atoms with Crippen LogP contribution in [-0.2, 0) is 0 Å². The lowest BCUT2D eigenvalue weighted by Gasteiger charge is -2.07. The third-order valence-electron chi connectivity index (χ3n) is 2.03. The summed E-state index contributed by atoms with van der Waals surface area (Å²) >= 11 is 0. The Balaban J connectivity index is 2.63. The molecule has 1 atom stereocenters. The molecule has 0 aromatic carbocycles. The Bertz CT molecular complexity index is 404. The molecule has 1 heterocycles. The van der Waals surface area contributed by atoms with Crippen LogP contribution in [0.1, 0.15) is 49.6 Å². The SMILES string of the molecule is CC(CC#N)NC(=O)c1n[nH]c(C(C)C)n1. The van der Waals surface area contributed by atoms with Gasteiger partial charge in [-0.1, -0.05) is 13.8 Å². The van der Waals surface area contributed by atoms with Crippen LogP contribution in [0.25, 0.3) is 0 Å². The number of H-pyrrole nitrogens is 1. The van der Waals surface area contributed by atoms with Crippen molar-refractivity contribution in [3.05, 3.63) is 11.6 Å². The molecule has 86 valence electrons. The average molecular weight is 221 g/mol. The number of hydrogen-bond acceptors (Lipinski definition) is 4. The predicted molar refractivity (Wildman–Crippen MR) is 57.6 cm³/mol. The van der Waals surface area contributed by atoms with Crippen LogP contribution in [0.4, 0.5) is 0 Å². The normalized spacial score (nSPS) is 12.2. The first-order valence-electron chi connectivity index (χ1n) is 5.14. The zero-order chi connectivity index (χ0) is 12.1. The summed E-state index contributed by atoms with van der Waals surface area (Å²) in [6, 6.07) is 1.79. The summed E-state index contributed by atoms with van der Waals surface area (Å²) < 4.78 is 0. The van der Waals surface area contributed by atoms with Crippen molar-refractivity contribution < 1.29 is 4.79 Å². The van der Waals surface area contributed by atoms with E-state index < -0.39 is 0 Å². The molecule has 1 aromatic heterocycles. The molecule has 0 spiro atoms. The van der Waals surface area contributed by atoms with Crippen LogP contribution < -0.4 is 5.32 Å². The zero-order valence-electron chi connectivity index (χ0n) is 9.61. The van der Waals surface area contributed by atoms with Gasteiger partial charge in [0, 0.05) is 12.0 Å². The number of hydrogen-bond donors (Lipinski definition) is 2. The maximum atomic E-state index is 11.6. The zero-order valence-corrected chi connectivity index (χ0v) is 9.61. The molecule has 0 fully saturated rings. The van der Waals surface area contributed by atoms with Crippen LogP contribution in [0, 0.1) is 11.3 Å². The van der Waals surface area contributed by atoms with Gasteiger partial charge in [0.15, 0.2) is 0 Å². The molecule has 6 heteroatoms. The van der Waals surface area contributed by atoms with Crippen LogP contribution in [0.15, 0.2) is 0 Å². The molecule has 0 aliphatic heterocycles. The van der Waals surface area contributed by atoms with Crippen LogP contribution >= 0.6 is 0 Å². The number of nitrogens with zero attached hydrogens (tertiary/aromatic N) is 3. The Kier molecular flexibility index (Phi) is 4.00. The Morgan fingerprint density at radius 2 is 2.25 bits per heavy atom. The number of aromatic nitrogens is 3. The molecular formula is C10H15N5O. The topological polar surface area (TPSA) is 94.5 Å². The van der Waals surface area contributed by atoms with Gasteiger partial charge in [-0.2, -0.15) is 5.26 Å². The molecule has 1 unspecified atom stereocenters. The van der Waals surface area contributed by atoms with E-state index in [0.717, 1.165) is 0 Å². The molecule has 0 aliphatic carbocycles. The summed E-state index contributed by atoms with van der Waals surface area (Å²) in [6.45, 7) is 5.68. The maximum absolute atomic E-state index is 11.6. The van der Waals surface area contributed by atoms with Crippen molar-refractivity contribution in [1.82, 2.24) is 20.5 Å². The fourth-order valence-corrected chi connectivity index (χ4v) is 1.11. The third kappa shape index (κ3) is 3.05. The maximum Gasteiger partial charge on any atom is 0.291 e. The second-order valence-corrected chi connectivity index (χ2v) is 3.94. The molecule has 0 radical (unpaired) electrons. The lowest BCUT2D eigenvalue weighted by molar-refractivity contribution is 0.0930. The largest absolute Gasteiger partial charge is 0.346 e. The van der Waals surface area contributed by atoms with Gasteiger partial charge in [0.25, 0.3) is 5.91 Å². The summed E-state index contributed by atoms with van der Waals surface area (Å²) in [4.78, 5) is 15.7. The highest BCUT2D eigenvalue weighted by atomic mass is 16.2. The summed E-state index contributed by atoms with van der Waals surface area (Å²) in [5.41, 5.74) is 0. The van der Waals surface area contributed by atoms with Crippen molar-refractivity contribution in [3.63, 3.8) is 0 Å². The second kappa shape index (κ2) is 5.26. The molecule has 1 rings (SSSR count). The van der Waals surface area contributed by atoms with Crippen molar-refractivity contribution in [2.24, 2.45) is 0 Å². The minimum absolute atomic E-state index is 0.119. The van der Waals surface area contributed by atoms with Gasteiger partial charge in [0.2, 0.25) is 5.82 Å². The number of nitrogens with one attached hydrogen (secondary N) is 2. The van der Waals surface area contributed by atoms with E-state index in [9.17, 15) is 4.79 Å². The first kappa shape index (κ1) is 12.2. The monoisotopic (exact) mass is 221 g/mol. The van der Waals surface area contributed by atoms with E-state index in [-0.39, 0.29) is 30.1 Å².